The van der Waals surface area contributed by atoms with E-state index >= 15 is 0 Å². The fraction of sp³-hybridized carbons (Fsp3) is 0.909. The van der Waals surface area contributed by atoms with Crippen molar-refractivity contribution in [1.82, 2.24) is 0 Å². The van der Waals surface area contributed by atoms with E-state index in [9.17, 15) is 4.79 Å². The van der Waals surface area contributed by atoms with Crippen LogP contribution in [-0.4, -0.2) is 41.3 Å². The molecule has 0 heterocycles. The predicted octanol–water partition coefficient (Wildman–Crippen LogP) is 2.38. The maximum atomic E-state index is 10.4. The van der Waals surface area contributed by atoms with Crippen LogP contribution in [0.2, 0.25) is 0 Å². The lowest BCUT2D eigenvalue weighted by Crippen LogP contribution is -2.32. The van der Waals surface area contributed by atoms with E-state index in [4.69, 9.17) is 15.6 Å². The second-order valence-electron chi connectivity index (χ2n) is 4.03. The number of unbranched alkanes of at least 4 members (excludes halogenated alkanes) is 2. The molecule has 0 rings (SSSR count). The highest BCUT2D eigenvalue weighted by Crippen LogP contribution is 2.23. The molecule has 0 aromatic heterocycles. The van der Waals surface area contributed by atoms with Crippen molar-refractivity contribution in [3.8, 4) is 0 Å². The number of hydrogen-bond donors (Lipinski definition) is 2. The average molecular weight is 281 g/mol. The van der Waals surface area contributed by atoms with E-state index in [1.807, 2.05) is 13.8 Å². The van der Waals surface area contributed by atoms with Gasteiger partial charge in [-0.05, 0) is 26.7 Å². The molecule has 0 saturated carbocycles. The van der Waals surface area contributed by atoms with Crippen LogP contribution < -0.4 is 5.73 Å². The molecule has 4 nitrogen and oxygen atoms in total. The molecule has 102 valence electrons. The van der Waals surface area contributed by atoms with Crippen molar-refractivity contribution in [1.29, 1.82) is 0 Å². The molecule has 0 fully saturated rings. The maximum Gasteiger partial charge on any atom is 0.321 e. The lowest BCUT2D eigenvalue weighted by atomic mass is 10.3. The Kier molecular flexibility index (Phi) is 11.3. The summed E-state index contributed by atoms with van der Waals surface area (Å²) in [7, 11) is 3.23. The van der Waals surface area contributed by atoms with Crippen LogP contribution >= 0.6 is 21.6 Å². The summed E-state index contributed by atoms with van der Waals surface area (Å²) in [5.41, 5.74) is 5.37. The van der Waals surface area contributed by atoms with Gasteiger partial charge in [0.2, 0.25) is 0 Å². The lowest BCUT2D eigenvalue weighted by molar-refractivity contribution is -0.137. The Labute approximate surface area is 111 Å². The van der Waals surface area contributed by atoms with Crippen molar-refractivity contribution in [3.05, 3.63) is 0 Å². The fourth-order valence-corrected chi connectivity index (χ4v) is 3.27. The largest absolute Gasteiger partial charge is 0.480 e. The van der Waals surface area contributed by atoms with Gasteiger partial charge >= 0.3 is 5.97 Å². The first kappa shape index (κ1) is 17.1. The molecule has 1 unspecified atom stereocenters. The summed E-state index contributed by atoms with van der Waals surface area (Å²) < 4.78 is 5.43. The highest BCUT2D eigenvalue weighted by molar-refractivity contribution is 8.76. The highest BCUT2D eigenvalue weighted by Gasteiger charge is 2.10. The number of carboxylic acids is 1. The van der Waals surface area contributed by atoms with E-state index in [1.54, 1.807) is 10.8 Å². The minimum absolute atomic E-state index is 0.317. The first-order valence-corrected chi connectivity index (χ1v) is 8.37. The second-order valence-corrected chi connectivity index (χ2v) is 6.66. The number of carboxylic acid groups (broad SMARTS) is 1. The first-order chi connectivity index (χ1) is 8.04. The van der Waals surface area contributed by atoms with Gasteiger partial charge in [-0.1, -0.05) is 28.0 Å². The Balaban J connectivity index is 3.11. The van der Waals surface area contributed by atoms with Gasteiger partial charge in [0.15, 0.2) is 0 Å². The number of hydrogen-bond acceptors (Lipinski definition) is 5. The Bertz CT molecular complexity index is 203. The van der Waals surface area contributed by atoms with E-state index < -0.39 is 12.0 Å². The van der Waals surface area contributed by atoms with Crippen LogP contribution in [-0.2, 0) is 9.53 Å². The normalized spacial score (nSPS) is 12.9. The number of nitrogens with two attached hydrogens (primary N) is 1. The van der Waals surface area contributed by atoms with Gasteiger partial charge in [0.1, 0.15) is 6.04 Å². The zero-order chi connectivity index (χ0) is 13.1. The third-order valence-corrected chi connectivity index (χ3v) is 4.50. The van der Waals surface area contributed by atoms with E-state index in [0.29, 0.717) is 11.9 Å². The molecular formula is C11H23NO3S2. The molecule has 0 aliphatic heterocycles. The fourth-order valence-electron chi connectivity index (χ4n) is 1.01. The van der Waals surface area contributed by atoms with Gasteiger partial charge in [0.25, 0.3) is 0 Å². The zero-order valence-electron chi connectivity index (χ0n) is 10.6. The Morgan fingerprint density at radius 1 is 1.29 bits per heavy atom. The van der Waals surface area contributed by atoms with E-state index in [2.05, 4.69) is 0 Å². The van der Waals surface area contributed by atoms with Crippen LogP contribution in [0.1, 0.15) is 33.1 Å². The smallest absolute Gasteiger partial charge is 0.321 e. The van der Waals surface area contributed by atoms with Crippen LogP contribution in [0.15, 0.2) is 0 Å². The quantitative estimate of drug-likeness (QED) is 0.447. The standard InChI is InChI=1S/C11H23NO3S2/c1-9(2)15-6-4-3-5-7-16-17-8-10(12)11(13)14/h9-10H,3-8,12H2,1-2H3,(H,13,14). The topological polar surface area (TPSA) is 72.5 Å². The minimum atomic E-state index is -0.927. The van der Waals surface area contributed by atoms with Crippen LogP contribution in [0.25, 0.3) is 0 Å². The van der Waals surface area contributed by atoms with Crippen LogP contribution in [0, 0.1) is 0 Å². The molecule has 0 aromatic rings. The van der Waals surface area contributed by atoms with Gasteiger partial charge in [0, 0.05) is 18.1 Å². The Hall–Kier alpha value is 0.0900. The molecule has 17 heavy (non-hydrogen) atoms. The number of carbonyl (C=O) groups is 1. The molecule has 0 aliphatic rings. The monoisotopic (exact) mass is 281 g/mol. The first-order valence-electron chi connectivity index (χ1n) is 5.88. The summed E-state index contributed by atoms with van der Waals surface area (Å²) in [5.74, 6) is 0.582. The van der Waals surface area contributed by atoms with E-state index in [-0.39, 0.29) is 0 Å². The van der Waals surface area contributed by atoms with Gasteiger partial charge in [-0.25, -0.2) is 0 Å². The molecule has 0 amide bonds. The minimum Gasteiger partial charge on any atom is -0.480 e. The lowest BCUT2D eigenvalue weighted by Gasteiger charge is -2.07. The zero-order valence-corrected chi connectivity index (χ0v) is 12.2. The summed E-state index contributed by atoms with van der Waals surface area (Å²) in [6.45, 7) is 4.91. The molecule has 0 radical (unpaired) electrons. The summed E-state index contributed by atoms with van der Waals surface area (Å²) in [6.07, 6.45) is 3.71. The summed E-state index contributed by atoms with van der Waals surface area (Å²) in [5, 5.41) is 8.57. The van der Waals surface area contributed by atoms with Crippen LogP contribution in [0.4, 0.5) is 0 Å². The number of rotatable bonds is 11. The maximum absolute atomic E-state index is 10.4. The summed E-state index contributed by atoms with van der Waals surface area (Å²) >= 11 is 0. The molecule has 6 heteroatoms. The van der Waals surface area contributed by atoms with Crippen molar-refractivity contribution in [2.75, 3.05) is 18.1 Å². The SMILES string of the molecule is CC(C)OCCCCCSSCC(N)C(=O)O. The van der Waals surface area contributed by atoms with Crippen molar-refractivity contribution in [2.24, 2.45) is 5.73 Å². The molecule has 0 bridgehead atoms. The molecule has 1 atom stereocenters. The van der Waals surface area contributed by atoms with Gasteiger partial charge in [-0.3, -0.25) is 4.79 Å². The van der Waals surface area contributed by atoms with Crippen LogP contribution in [0.5, 0.6) is 0 Å². The van der Waals surface area contributed by atoms with Gasteiger partial charge in [-0.15, -0.1) is 0 Å². The average Bonchev–Trinajstić information content (AvgIpc) is 2.25. The van der Waals surface area contributed by atoms with E-state index in [1.165, 1.54) is 10.8 Å². The van der Waals surface area contributed by atoms with Crippen molar-refractivity contribution >= 4 is 27.6 Å². The summed E-state index contributed by atoms with van der Waals surface area (Å²) in [4.78, 5) is 10.4. The predicted molar refractivity (Wildman–Crippen MR) is 75.5 cm³/mol. The van der Waals surface area contributed by atoms with E-state index in [0.717, 1.165) is 31.6 Å². The second kappa shape index (κ2) is 11.2. The van der Waals surface area contributed by atoms with Gasteiger partial charge in [-0.2, -0.15) is 0 Å². The third-order valence-electron chi connectivity index (χ3n) is 1.97. The van der Waals surface area contributed by atoms with Crippen molar-refractivity contribution in [3.63, 3.8) is 0 Å². The molecule has 0 aliphatic carbocycles. The summed E-state index contributed by atoms with van der Waals surface area (Å²) in [6, 6.07) is -0.744. The number of aliphatic carboxylic acids is 1. The van der Waals surface area contributed by atoms with Crippen LogP contribution in [0.3, 0.4) is 0 Å². The highest BCUT2D eigenvalue weighted by atomic mass is 33.1. The molecular weight excluding hydrogens is 258 g/mol. The van der Waals surface area contributed by atoms with Gasteiger partial charge < -0.3 is 15.6 Å². The molecule has 0 spiro atoms. The van der Waals surface area contributed by atoms with Gasteiger partial charge in [0.05, 0.1) is 6.10 Å². The Morgan fingerprint density at radius 3 is 2.59 bits per heavy atom. The molecule has 0 saturated heterocycles. The van der Waals surface area contributed by atoms with Crippen molar-refractivity contribution in [2.45, 2.75) is 45.3 Å². The third kappa shape index (κ3) is 12.3. The molecule has 0 aromatic carbocycles. The van der Waals surface area contributed by atoms with Crippen molar-refractivity contribution < 1.29 is 14.6 Å². The number of ether oxygens (including phenoxy) is 1. The Morgan fingerprint density at radius 2 is 2.00 bits per heavy atom. The molecule has 3 N–H and O–H groups in total.